The molecule has 0 N–H and O–H groups in total. The van der Waals surface area contributed by atoms with Crippen LogP contribution in [0.1, 0.15) is 20.8 Å². The third-order valence-electron chi connectivity index (χ3n) is 5.38. The molecule has 0 bridgehead atoms. The largest absolute Gasteiger partial charge is 0.450 e. The lowest BCUT2D eigenvalue weighted by Crippen LogP contribution is -2.55. The van der Waals surface area contributed by atoms with E-state index in [0.717, 1.165) is 28.1 Å². The molecule has 7 nitrogen and oxygen atoms in total. The molecule has 0 spiro atoms. The van der Waals surface area contributed by atoms with Gasteiger partial charge >= 0.3 is 5.97 Å². The van der Waals surface area contributed by atoms with Crippen LogP contribution in [-0.2, 0) is 14.3 Å². The number of para-hydroxylation sites is 2. The first-order chi connectivity index (χ1) is 14.8. The topological polar surface area (TPSA) is 75.6 Å². The van der Waals surface area contributed by atoms with Crippen molar-refractivity contribution < 1.29 is 14.3 Å². The van der Waals surface area contributed by atoms with Crippen molar-refractivity contribution in [2.24, 2.45) is 0 Å². The fraction of sp³-hybridized carbons (Fsp3) is 0.333. The fourth-order valence-electron chi connectivity index (χ4n) is 3.91. The van der Waals surface area contributed by atoms with Crippen molar-refractivity contribution in [3.8, 4) is 11.3 Å². The first kappa shape index (κ1) is 20.8. The van der Waals surface area contributed by atoms with Crippen molar-refractivity contribution in [3.05, 3.63) is 54.6 Å². The van der Waals surface area contributed by atoms with Crippen molar-refractivity contribution in [2.75, 3.05) is 31.1 Å². The number of fused-ring (bicyclic) bond motifs is 1. The molecule has 0 aliphatic carbocycles. The summed E-state index contributed by atoms with van der Waals surface area (Å²) in [5, 5.41) is 0. The van der Waals surface area contributed by atoms with Gasteiger partial charge in [-0.15, -0.1) is 0 Å². The molecular weight excluding hydrogens is 392 g/mol. The molecule has 31 heavy (non-hydrogen) atoms. The van der Waals surface area contributed by atoms with Gasteiger partial charge in [0.1, 0.15) is 5.69 Å². The highest BCUT2D eigenvalue weighted by atomic mass is 16.6. The molecule has 4 rings (SSSR count). The molecule has 160 valence electrons. The molecule has 0 unspecified atom stereocenters. The normalized spacial score (nSPS) is 14.5. The van der Waals surface area contributed by atoms with Gasteiger partial charge in [-0.3, -0.25) is 9.59 Å². The van der Waals surface area contributed by atoms with Gasteiger partial charge < -0.3 is 14.5 Å². The van der Waals surface area contributed by atoms with E-state index in [9.17, 15) is 9.59 Å². The lowest BCUT2D eigenvalue weighted by molar-refractivity contribution is -0.168. The molecule has 1 aliphatic heterocycles. The zero-order valence-corrected chi connectivity index (χ0v) is 18.0. The number of amides is 1. The Bertz CT molecular complexity index is 1110. The summed E-state index contributed by atoms with van der Waals surface area (Å²) in [7, 11) is 0. The third-order valence-corrected chi connectivity index (χ3v) is 5.38. The Morgan fingerprint density at radius 2 is 1.45 bits per heavy atom. The van der Waals surface area contributed by atoms with Gasteiger partial charge in [-0.1, -0.05) is 42.5 Å². The highest BCUT2D eigenvalue weighted by molar-refractivity contribution is 5.87. The van der Waals surface area contributed by atoms with E-state index in [0.29, 0.717) is 26.2 Å². The first-order valence-electron chi connectivity index (χ1n) is 10.4. The van der Waals surface area contributed by atoms with Gasteiger partial charge in [0.25, 0.3) is 5.91 Å². The summed E-state index contributed by atoms with van der Waals surface area (Å²) in [6.07, 6.45) is 0. The van der Waals surface area contributed by atoms with Crippen molar-refractivity contribution in [1.29, 1.82) is 0 Å². The lowest BCUT2D eigenvalue weighted by atomic mass is 10.1. The number of esters is 1. The Kier molecular flexibility index (Phi) is 5.59. The Hall–Kier alpha value is -3.48. The van der Waals surface area contributed by atoms with Gasteiger partial charge in [-0.2, -0.15) is 0 Å². The summed E-state index contributed by atoms with van der Waals surface area (Å²) in [4.78, 5) is 38.0. The van der Waals surface area contributed by atoms with Crippen LogP contribution in [0.15, 0.2) is 54.6 Å². The molecule has 1 aliphatic rings. The SMILES string of the molecule is CC(=O)OC(C)(C)C(=O)N1CCN(c2nc3ccccc3nc2-c2ccccc2)CC1. The van der Waals surface area contributed by atoms with E-state index in [4.69, 9.17) is 14.7 Å². The van der Waals surface area contributed by atoms with Gasteiger partial charge in [0.15, 0.2) is 11.4 Å². The average molecular weight is 418 g/mol. The lowest BCUT2D eigenvalue weighted by Gasteiger charge is -2.39. The number of carbonyl (C=O) groups is 2. The van der Waals surface area contributed by atoms with E-state index < -0.39 is 11.6 Å². The Balaban J connectivity index is 1.60. The van der Waals surface area contributed by atoms with Crippen molar-refractivity contribution in [3.63, 3.8) is 0 Å². The number of piperazine rings is 1. The smallest absolute Gasteiger partial charge is 0.303 e. The van der Waals surface area contributed by atoms with E-state index >= 15 is 0 Å². The second kappa shape index (κ2) is 8.34. The van der Waals surface area contributed by atoms with Gasteiger partial charge in [0, 0.05) is 38.7 Å². The van der Waals surface area contributed by atoms with Crippen LogP contribution in [0.25, 0.3) is 22.3 Å². The van der Waals surface area contributed by atoms with Crippen LogP contribution in [0.2, 0.25) is 0 Å². The Morgan fingerprint density at radius 3 is 2.06 bits per heavy atom. The van der Waals surface area contributed by atoms with Crippen LogP contribution < -0.4 is 4.90 Å². The second-order valence-electron chi connectivity index (χ2n) is 8.13. The van der Waals surface area contributed by atoms with Crippen LogP contribution in [0.3, 0.4) is 0 Å². The van der Waals surface area contributed by atoms with Crippen LogP contribution in [0.5, 0.6) is 0 Å². The summed E-state index contributed by atoms with van der Waals surface area (Å²) < 4.78 is 5.22. The number of carbonyl (C=O) groups excluding carboxylic acids is 2. The predicted octanol–water partition coefficient (Wildman–Crippen LogP) is 3.29. The minimum atomic E-state index is -1.17. The molecule has 7 heteroatoms. The molecular formula is C24H26N4O3. The van der Waals surface area contributed by atoms with E-state index in [1.807, 2.05) is 54.6 Å². The van der Waals surface area contributed by atoms with Gasteiger partial charge in [0.05, 0.1) is 11.0 Å². The molecule has 2 heterocycles. The van der Waals surface area contributed by atoms with E-state index in [2.05, 4.69) is 4.90 Å². The van der Waals surface area contributed by atoms with Crippen molar-refractivity contribution >= 4 is 28.7 Å². The molecule has 1 aromatic heterocycles. The fourth-order valence-corrected chi connectivity index (χ4v) is 3.91. The van der Waals surface area contributed by atoms with E-state index in [1.165, 1.54) is 6.92 Å². The average Bonchev–Trinajstić information content (AvgIpc) is 2.77. The first-order valence-corrected chi connectivity index (χ1v) is 10.4. The number of benzene rings is 2. The maximum atomic E-state index is 12.9. The number of hydrogen-bond acceptors (Lipinski definition) is 6. The van der Waals surface area contributed by atoms with E-state index in [-0.39, 0.29) is 5.91 Å². The highest BCUT2D eigenvalue weighted by Gasteiger charge is 2.36. The van der Waals surface area contributed by atoms with Gasteiger partial charge in [0.2, 0.25) is 0 Å². The maximum absolute atomic E-state index is 12.9. The van der Waals surface area contributed by atoms with E-state index in [1.54, 1.807) is 18.7 Å². The summed E-state index contributed by atoms with van der Waals surface area (Å²) in [5.41, 5.74) is 2.35. The minimum absolute atomic E-state index is 0.185. The Labute approximate surface area is 181 Å². The van der Waals surface area contributed by atoms with Gasteiger partial charge in [-0.25, -0.2) is 9.97 Å². The van der Waals surface area contributed by atoms with Crippen LogP contribution >= 0.6 is 0 Å². The van der Waals surface area contributed by atoms with Crippen LogP contribution in [-0.4, -0.2) is 58.5 Å². The molecule has 2 aromatic carbocycles. The molecule has 0 atom stereocenters. The second-order valence-corrected chi connectivity index (χ2v) is 8.13. The number of nitrogens with zero attached hydrogens (tertiary/aromatic N) is 4. The molecule has 0 radical (unpaired) electrons. The number of ether oxygens (including phenoxy) is 1. The third kappa shape index (κ3) is 4.35. The monoisotopic (exact) mass is 418 g/mol. The number of hydrogen-bond donors (Lipinski definition) is 0. The highest BCUT2D eigenvalue weighted by Crippen LogP contribution is 2.30. The summed E-state index contributed by atoms with van der Waals surface area (Å²) in [6, 6.07) is 17.9. The number of aromatic nitrogens is 2. The standard InChI is InChI=1S/C24H26N4O3/c1-17(29)31-24(2,3)23(30)28-15-13-27(14-16-28)22-21(18-9-5-4-6-10-18)25-19-11-7-8-12-20(19)26-22/h4-12H,13-16H2,1-3H3. The van der Waals surface area contributed by atoms with Crippen LogP contribution in [0.4, 0.5) is 5.82 Å². The Morgan fingerprint density at radius 1 is 0.871 bits per heavy atom. The molecule has 1 fully saturated rings. The zero-order chi connectivity index (χ0) is 22.0. The quantitative estimate of drug-likeness (QED) is 0.605. The van der Waals surface area contributed by atoms with Crippen molar-refractivity contribution in [2.45, 2.75) is 26.4 Å². The minimum Gasteiger partial charge on any atom is -0.450 e. The molecule has 1 amide bonds. The van der Waals surface area contributed by atoms with Crippen molar-refractivity contribution in [1.82, 2.24) is 14.9 Å². The molecule has 0 saturated carbocycles. The number of rotatable bonds is 4. The molecule has 3 aromatic rings. The summed E-state index contributed by atoms with van der Waals surface area (Å²) in [6.45, 7) is 6.86. The summed E-state index contributed by atoms with van der Waals surface area (Å²) >= 11 is 0. The number of anilines is 1. The zero-order valence-electron chi connectivity index (χ0n) is 18.0. The molecule has 1 saturated heterocycles. The predicted molar refractivity (Wildman–Crippen MR) is 120 cm³/mol. The van der Waals surface area contributed by atoms with Crippen LogP contribution in [0, 0.1) is 0 Å². The van der Waals surface area contributed by atoms with Gasteiger partial charge in [-0.05, 0) is 26.0 Å². The summed E-state index contributed by atoms with van der Waals surface area (Å²) in [5.74, 6) is 0.169. The maximum Gasteiger partial charge on any atom is 0.303 e.